The predicted octanol–water partition coefficient (Wildman–Crippen LogP) is 3.52. The minimum atomic E-state index is -0.347. The summed E-state index contributed by atoms with van der Waals surface area (Å²) in [4.78, 5) is 14.5. The fourth-order valence-electron chi connectivity index (χ4n) is 3.99. The Morgan fingerprint density at radius 1 is 1.39 bits per heavy atom. The molecule has 1 aliphatic rings. The summed E-state index contributed by atoms with van der Waals surface area (Å²) < 4.78 is 19.1. The number of fused-ring (bicyclic) bond motifs is 1. The van der Waals surface area contributed by atoms with E-state index in [2.05, 4.69) is 17.6 Å². The molecule has 2 atom stereocenters. The van der Waals surface area contributed by atoms with Gasteiger partial charge in [-0.3, -0.25) is 4.79 Å². The largest absolute Gasteiger partial charge is 0.486 e. The topological polar surface area (TPSA) is 76.7 Å². The molecule has 0 saturated heterocycles. The molecule has 1 aromatic heterocycles. The third-order valence-electron chi connectivity index (χ3n) is 5.41. The van der Waals surface area contributed by atoms with Gasteiger partial charge < -0.3 is 23.7 Å². The molecule has 0 fully saturated rings. The molecule has 0 spiro atoms. The molecular weight excluding hydrogens is 394 g/mol. The number of carbonyl (C=O) groups excluding carboxylic acids is 1. The molecular formula is C24H29N3O4. The number of aromatic nitrogens is 1. The molecule has 7 heteroatoms. The van der Waals surface area contributed by atoms with Gasteiger partial charge in [0, 0.05) is 25.5 Å². The van der Waals surface area contributed by atoms with Crippen molar-refractivity contribution >= 4 is 12.0 Å². The first-order chi connectivity index (χ1) is 14.8. The Bertz CT molecular complexity index is 1020. The minimum Gasteiger partial charge on any atom is -0.486 e. The van der Waals surface area contributed by atoms with Crippen molar-refractivity contribution in [2.45, 2.75) is 32.9 Å². The molecule has 3 rings (SSSR count). The summed E-state index contributed by atoms with van der Waals surface area (Å²) in [6.45, 7) is 7.31. The van der Waals surface area contributed by atoms with Crippen LogP contribution in [0.25, 0.3) is 6.08 Å². The summed E-state index contributed by atoms with van der Waals surface area (Å²) in [5.74, 6) is 1.01. The Labute approximate surface area is 183 Å². The van der Waals surface area contributed by atoms with Crippen molar-refractivity contribution in [3.8, 4) is 17.6 Å². The van der Waals surface area contributed by atoms with Gasteiger partial charge in [-0.1, -0.05) is 12.1 Å². The first kappa shape index (κ1) is 22.4. The number of likely N-dealkylation sites (N-methyl/N-ethyl adjacent to an activating group) is 1. The third kappa shape index (κ3) is 4.92. The van der Waals surface area contributed by atoms with E-state index in [1.54, 1.807) is 20.2 Å². The predicted molar refractivity (Wildman–Crippen MR) is 118 cm³/mol. The lowest BCUT2D eigenvalue weighted by Gasteiger charge is -2.29. The second kappa shape index (κ2) is 9.71. The van der Waals surface area contributed by atoms with Gasteiger partial charge in [0.05, 0.1) is 19.2 Å². The Balaban J connectivity index is 1.74. The number of hydrogen-bond acceptors (Lipinski definition) is 5. The lowest BCUT2D eigenvalue weighted by molar-refractivity contribution is -0.126. The summed E-state index contributed by atoms with van der Waals surface area (Å²) in [6, 6.07) is 11.6. The van der Waals surface area contributed by atoms with E-state index in [0.717, 1.165) is 17.0 Å². The van der Waals surface area contributed by atoms with Crippen LogP contribution >= 0.6 is 0 Å². The Morgan fingerprint density at radius 3 is 2.77 bits per heavy atom. The Kier molecular flexibility index (Phi) is 7.03. The first-order valence-electron chi connectivity index (χ1n) is 10.3. The minimum absolute atomic E-state index is 0.0827. The van der Waals surface area contributed by atoms with Crippen LogP contribution in [-0.2, 0) is 9.53 Å². The van der Waals surface area contributed by atoms with Crippen molar-refractivity contribution in [2.24, 2.45) is 0 Å². The lowest BCUT2D eigenvalue weighted by Crippen LogP contribution is -2.42. The average molecular weight is 424 g/mol. The summed E-state index contributed by atoms with van der Waals surface area (Å²) in [5, 5.41) is 9.65. The van der Waals surface area contributed by atoms with Gasteiger partial charge in [-0.05, 0) is 50.6 Å². The molecule has 1 aromatic carbocycles. The molecule has 2 heterocycles. The monoisotopic (exact) mass is 423 g/mol. The van der Waals surface area contributed by atoms with Gasteiger partial charge in [0.2, 0.25) is 0 Å². The number of benzene rings is 1. The average Bonchev–Trinajstić information content (AvgIpc) is 3.04. The number of nitrogens with zero attached hydrogens (tertiary/aromatic N) is 3. The van der Waals surface area contributed by atoms with Crippen LogP contribution in [0.5, 0.6) is 11.5 Å². The number of rotatable bonds is 7. The highest BCUT2D eigenvalue weighted by Crippen LogP contribution is 2.31. The first-order valence-corrected chi connectivity index (χ1v) is 10.3. The SMILES string of the molecule is COCC(C)n1c(C)cc(/C=C(/C#N)C(=O)N(C)CC2COc3ccccc3O2)c1C. The van der Waals surface area contributed by atoms with Crippen molar-refractivity contribution in [3.63, 3.8) is 0 Å². The van der Waals surface area contributed by atoms with Gasteiger partial charge in [0.15, 0.2) is 17.6 Å². The molecule has 0 N–H and O–H groups in total. The third-order valence-corrected chi connectivity index (χ3v) is 5.41. The number of hydrogen-bond donors (Lipinski definition) is 0. The molecule has 0 bridgehead atoms. The number of amides is 1. The standard InChI is InChI=1S/C24H29N3O4/c1-16-10-19(18(3)27(16)17(2)14-29-5)11-20(12-25)24(28)26(4)13-21-15-30-22-8-6-7-9-23(22)31-21/h6-11,17,21H,13-15H2,1-5H3/b20-11-. The van der Waals surface area contributed by atoms with Crippen LogP contribution in [0.15, 0.2) is 35.9 Å². The number of ether oxygens (including phenoxy) is 3. The fraction of sp³-hybridized carbons (Fsp3) is 0.417. The van der Waals surface area contributed by atoms with E-state index < -0.39 is 0 Å². The summed E-state index contributed by atoms with van der Waals surface area (Å²) in [7, 11) is 3.34. The molecule has 2 aromatic rings. The van der Waals surface area contributed by atoms with Crippen LogP contribution in [0.4, 0.5) is 0 Å². The highest BCUT2D eigenvalue weighted by atomic mass is 16.6. The van der Waals surface area contributed by atoms with Crippen molar-refractivity contribution in [2.75, 3.05) is 33.9 Å². The number of aryl methyl sites for hydroxylation is 1. The van der Waals surface area contributed by atoms with Crippen molar-refractivity contribution in [3.05, 3.63) is 52.9 Å². The van der Waals surface area contributed by atoms with E-state index in [-0.39, 0.29) is 23.6 Å². The molecule has 7 nitrogen and oxygen atoms in total. The zero-order valence-corrected chi connectivity index (χ0v) is 18.7. The quantitative estimate of drug-likeness (QED) is 0.503. The summed E-state index contributed by atoms with van der Waals surface area (Å²) in [5.41, 5.74) is 2.98. The number of methoxy groups -OCH3 is 1. The van der Waals surface area contributed by atoms with Crippen LogP contribution in [0.2, 0.25) is 0 Å². The van der Waals surface area contributed by atoms with Crippen molar-refractivity contribution < 1.29 is 19.0 Å². The van der Waals surface area contributed by atoms with Crippen LogP contribution in [-0.4, -0.2) is 55.4 Å². The maximum atomic E-state index is 12.9. The smallest absolute Gasteiger partial charge is 0.264 e. The van der Waals surface area contributed by atoms with E-state index >= 15 is 0 Å². The Morgan fingerprint density at radius 2 is 2.10 bits per heavy atom. The van der Waals surface area contributed by atoms with Crippen molar-refractivity contribution in [1.29, 1.82) is 5.26 Å². The molecule has 1 amide bonds. The van der Waals surface area contributed by atoms with Gasteiger partial charge in [-0.25, -0.2) is 0 Å². The number of para-hydroxylation sites is 2. The van der Waals surface area contributed by atoms with E-state index in [9.17, 15) is 10.1 Å². The molecule has 31 heavy (non-hydrogen) atoms. The zero-order chi connectivity index (χ0) is 22.5. The van der Waals surface area contributed by atoms with E-state index in [1.807, 2.05) is 44.2 Å². The highest BCUT2D eigenvalue weighted by molar-refractivity contribution is 6.01. The summed E-state index contributed by atoms with van der Waals surface area (Å²) >= 11 is 0. The van der Waals surface area contributed by atoms with Crippen molar-refractivity contribution in [1.82, 2.24) is 9.47 Å². The maximum Gasteiger partial charge on any atom is 0.264 e. The van der Waals surface area contributed by atoms with Gasteiger partial charge in [0.25, 0.3) is 5.91 Å². The second-order valence-corrected chi connectivity index (χ2v) is 7.85. The molecule has 164 valence electrons. The molecule has 2 unspecified atom stereocenters. The normalized spacial score (nSPS) is 16.5. The van der Waals surface area contributed by atoms with Crippen LogP contribution in [0, 0.1) is 25.2 Å². The van der Waals surface area contributed by atoms with E-state index in [0.29, 0.717) is 31.3 Å². The van der Waals surface area contributed by atoms with E-state index in [4.69, 9.17) is 14.2 Å². The molecule has 0 aliphatic carbocycles. The highest BCUT2D eigenvalue weighted by Gasteiger charge is 2.25. The molecule has 0 radical (unpaired) electrons. The van der Waals surface area contributed by atoms with Gasteiger partial charge in [-0.15, -0.1) is 0 Å². The second-order valence-electron chi connectivity index (χ2n) is 7.85. The van der Waals surface area contributed by atoms with Crippen LogP contribution in [0.1, 0.15) is 29.9 Å². The number of carbonyl (C=O) groups is 1. The number of nitriles is 1. The lowest BCUT2D eigenvalue weighted by atomic mass is 10.1. The molecule has 1 aliphatic heterocycles. The maximum absolute atomic E-state index is 12.9. The fourth-order valence-corrected chi connectivity index (χ4v) is 3.99. The van der Waals surface area contributed by atoms with Crippen LogP contribution < -0.4 is 9.47 Å². The summed E-state index contributed by atoms with van der Waals surface area (Å²) in [6.07, 6.45) is 1.36. The molecule has 0 saturated carbocycles. The van der Waals surface area contributed by atoms with E-state index in [1.165, 1.54) is 4.90 Å². The zero-order valence-electron chi connectivity index (χ0n) is 18.7. The van der Waals surface area contributed by atoms with Gasteiger partial charge >= 0.3 is 0 Å². The van der Waals surface area contributed by atoms with Gasteiger partial charge in [-0.2, -0.15) is 5.26 Å². The van der Waals surface area contributed by atoms with Gasteiger partial charge in [0.1, 0.15) is 18.2 Å². The Hall–Kier alpha value is -3.24. The van der Waals surface area contributed by atoms with Crippen LogP contribution in [0.3, 0.4) is 0 Å².